The van der Waals surface area contributed by atoms with Crippen LogP contribution in [0.5, 0.6) is 0 Å². The van der Waals surface area contributed by atoms with Crippen molar-refractivity contribution in [2.75, 3.05) is 6.54 Å². The summed E-state index contributed by atoms with van der Waals surface area (Å²) in [6, 6.07) is 13.6. The van der Waals surface area contributed by atoms with Gasteiger partial charge in [-0.25, -0.2) is 4.39 Å². The van der Waals surface area contributed by atoms with Gasteiger partial charge in [-0.05, 0) is 48.2 Å². The molecule has 0 atom stereocenters. The molecule has 0 saturated heterocycles. The molecule has 0 unspecified atom stereocenters. The van der Waals surface area contributed by atoms with E-state index in [-0.39, 0.29) is 18.3 Å². The number of nitrogens with one attached hydrogen (secondary N) is 1. The van der Waals surface area contributed by atoms with Crippen LogP contribution in [0.3, 0.4) is 0 Å². The zero-order valence-corrected chi connectivity index (χ0v) is 13.1. The number of benzene rings is 2. The van der Waals surface area contributed by atoms with Gasteiger partial charge in [-0.2, -0.15) is 0 Å². The van der Waals surface area contributed by atoms with Crippen molar-refractivity contribution in [3.8, 4) is 0 Å². The van der Waals surface area contributed by atoms with Gasteiger partial charge in [0.05, 0.1) is 6.61 Å². The Bertz CT molecular complexity index is 676. The summed E-state index contributed by atoms with van der Waals surface area (Å²) in [5.41, 5.74) is 3.34. The maximum Gasteiger partial charge on any atom is 0.246 e. The maximum atomic E-state index is 12.8. The van der Waals surface area contributed by atoms with Gasteiger partial charge in [0, 0.05) is 12.1 Å². The molecular weight excluding hydrogens is 293 g/mol. The van der Waals surface area contributed by atoms with Crippen molar-refractivity contribution in [2.24, 2.45) is 0 Å². The number of hydrogen-bond donors (Lipinski definition) is 2. The van der Waals surface area contributed by atoms with Crippen LogP contribution in [-0.2, 0) is 17.8 Å². The number of aliphatic hydroxyl groups is 1. The van der Waals surface area contributed by atoms with Crippen LogP contribution in [0.1, 0.15) is 23.6 Å². The third-order valence-electron chi connectivity index (χ3n) is 3.52. The van der Waals surface area contributed by atoms with Crippen molar-refractivity contribution >= 4 is 12.0 Å². The fourth-order valence-electron chi connectivity index (χ4n) is 2.15. The van der Waals surface area contributed by atoms with Crippen LogP contribution in [0.4, 0.5) is 4.39 Å². The van der Waals surface area contributed by atoms with Gasteiger partial charge in [-0.3, -0.25) is 4.79 Å². The van der Waals surface area contributed by atoms with Crippen molar-refractivity contribution in [3.05, 3.63) is 76.6 Å². The molecule has 2 aromatic carbocycles. The van der Waals surface area contributed by atoms with Crippen LogP contribution in [-0.4, -0.2) is 17.6 Å². The summed E-state index contributed by atoms with van der Waals surface area (Å²) in [6.45, 7) is 2.30. The second-order valence-electron chi connectivity index (χ2n) is 5.36. The largest absolute Gasteiger partial charge is 0.392 e. The summed E-state index contributed by atoms with van der Waals surface area (Å²) < 4.78 is 12.8. The average Bonchev–Trinajstić information content (AvgIpc) is 2.57. The number of hydrogen-bond acceptors (Lipinski definition) is 2. The van der Waals surface area contributed by atoms with Crippen molar-refractivity contribution in [1.29, 1.82) is 0 Å². The Balaban J connectivity index is 1.84. The topological polar surface area (TPSA) is 49.3 Å². The molecule has 0 spiro atoms. The lowest BCUT2D eigenvalue weighted by Gasteiger charge is -2.06. The molecule has 2 aromatic rings. The molecule has 4 heteroatoms. The second-order valence-corrected chi connectivity index (χ2v) is 5.36. The summed E-state index contributed by atoms with van der Waals surface area (Å²) in [6.07, 6.45) is 2.45. The van der Waals surface area contributed by atoms with Crippen LogP contribution in [0.25, 0.3) is 6.08 Å². The Morgan fingerprint density at radius 2 is 1.70 bits per heavy atom. The van der Waals surface area contributed by atoms with Gasteiger partial charge < -0.3 is 10.4 Å². The molecule has 2 rings (SSSR count). The molecule has 2 N–H and O–H groups in total. The standard InChI is InChI=1S/C19H20FNO2/c1-14(12-16-6-8-18(20)9-7-16)19(23)21-11-10-15-2-4-17(13-22)5-3-15/h2-9,12,22H,10-11,13H2,1H3,(H,21,23)/b14-12-. The van der Waals surface area contributed by atoms with Crippen molar-refractivity contribution < 1.29 is 14.3 Å². The zero-order chi connectivity index (χ0) is 16.7. The van der Waals surface area contributed by atoms with E-state index in [1.54, 1.807) is 25.1 Å². The Morgan fingerprint density at radius 1 is 1.09 bits per heavy atom. The summed E-state index contributed by atoms with van der Waals surface area (Å²) in [5, 5.41) is 11.9. The third-order valence-corrected chi connectivity index (χ3v) is 3.52. The van der Waals surface area contributed by atoms with Crippen molar-refractivity contribution in [3.63, 3.8) is 0 Å². The van der Waals surface area contributed by atoms with E-state index in [0.717, 1.165) is 23.1 Å². The van der Waals surface area contributed by atoms with Crippen molar-refractivity contribution in [1.82, 2.24) is 5.32 Å². The lowest BCUT2D eigenvalue weighted by atomic mass is 10.1. The smallest absolute Gasteiger partial charge is 0.246 e. The molecule has 3 nitrogen and oxygen atoms in total. The Morgan fingerprint density at radius 3 is 2.30 bits per heavy atom. The Kier molecular flexibility index (Phi) is 6.06. The maximum absolute atomic E-state index is 12.8. The highest BCUT2D eigenvalue weighted by Gasteiger charge is 2.04. The SMILES string of the molecule is C/C(=C/c1ccc(F)cc1)C(=O)NCCc1ccc(CO)cc1. The fourth-order valence-corrected chi connectivity index (χ4v) is 2.15. The first kappa shape index (κ1) is 16.9. The third kappa shape index (κ3) is 5.34. The van der Waals surface area contributed by atoms with E-state index < -0.39 is 0 Å². The van der Waals surface area contributed by atoms with Gasteiger partial charge in [-0.1, -0.05) is 36.4 Å². The van der Waals surface area contributed by atoms with E-state index in [0.29, 0.717) is 12.1 Å². The predicted molar refractivity (Wildman–Crippen MR) is 89.1 cm³/mol. The summed E-state index contributed by atoms with van der Waals surface area (Å²) in [5.74, 6) is -0.433. The minimum atomic E-state index is -0.295. The number of aliphatic hydroxyl groups excluding tert-OH is 1. The van der Waals surface area contributed by atoms with Crippen LogP contribution >= 0.6 is 0 Å². The summed E-state index contributed by atoms with van der Waals surface area (Å²) in [4.78, 5) is 12.0. The quantitative estimate of drug-likeness (QED) is 0.805. The first-order valence-electron chi connectivity index (χ1n) is 7.49. The van der Waals surface area contributed by atoms with E-state index in [4.69, 9.17) is 5.11 Å². The van der Waals surface area contributed by atoms with Gasteiger partial charge in [0.2, 0.25) is 5.91 Å². The molecule has 0 aromatic heterocycles. The van der Waals surface area contributed by atoms with E-state index in [1.807, 2.05) is 24.3 Å². The minimum Gasteiger partial charge on any atom is -0.392 e. The van der Waals surface area contributed by atoms with Gasteiger partial charge in [0.1, 0.15) is 5.82 Å². The van der Waals surface area contributed by atoms with Crippen LogP contribution in [0.2, 0.25) is 0 Å². The van der Waals surface area contributed by atoms with E-state index in [1.165, 1.54) is 12.1 Å². The normalized spacial score (nSPS) is 11.3. The molecule has 0 bridgehead atoms. The molecule has 0 fully saturated rings. The lowest BCUT2D eigenvalue weighted by molar-refractivity contribution is -0.117. The Hall–Kier alpha value is -2.46. The molecule has 120 valence electrons. The Labute approximate surface area is 135 Å². The van der Waals surface area contributed by atoms with E-state index in [9.17, 15) is 9.18 Å². The van der Waals surface area contributed by atoms with Crippen LogP contribution in [0.15, 0.2) is 54.1 Å². The number of carbonyl (C=O) groups is 1. The molecule has 0 aliphatic carbocycles. The first-order valence-corrected chi connectivity index (χ1v) is 7.49. The number of amides is 1. The first-order chi connectivity index (χ1) is 11.1. The lowest BCUT2D eigenvalue weighted by Crippen LogP contribution is -2.26. The second kappa shape index (κ2) is 8.25. The highest BCUT2D eigenvalue weighted by molar-refractivity contribution is 5.97. The highest BCUT2D eigenvalue weighted by atomic mass is 19.1. The minimum absolute atomic E-state index is 0.0321. The summed E-state index contributed by atoms with van der Waals surface area (Å²) in [7, 11) is 0. The molecule has 0 aliphatic heterocycles. The number of rotatable bonds is 6. The number of halogens is 1. The van der Waals surface area contributed by atoms with E-state index in [2.05, 4.69) is 5.32 Å². The van der Waals surface area contributed by atoms with Crippen LogP contribution in [0, 0.1) is 5.82 Å². The van der Waals surface area contributed by atoms with Gasteiger partial charge in [0.15, 0.2) is 0 Å². The molecule has 0 heterocycles. The zero-order valence-electron chi connectivity index (χ0n) is 13.1. The number of carbonyl (C=O) groups excluding carboxylic acids is 1. The van der Waals surface area contributed by atoms with Crippen molar-refractivity contribution in [2.45, 2.75) is 20.0 Å². The molecule has 0 radical (unpaired) electrons. The summed E-state index contributed by atoms with van der Waals surface area (Å²) >= 11 is 0. The van der Waals surface area contributed by atoms with Gasteiger partial charge in [0.25, 0.3) is 0 Å². The van der Waals surface area contributed by atoms with Gasteiger partial charge in [-0.15, -0.1) is 0 Å². The van der Waals surface area contributed by atoms with Crippen LogP contribution < -0.4 is 5.32 Å². The average molecular weight is 313 g/mol. The predicted octanol–water partition coefficient (Wildman–Crippen LogP) is 3.08. The molecule has 0 saturated carbocycles. The van der Waals surface area contributed by atoms with E-state index >= 15 is 0 Å². The fraction of sp³-hybridized carbons (Fsp3) is 0.211. The molecular formula is C19H20FNO2. The molecule has 0 aliphatic rings. The molecule has 23 heavy (non-hydrogen) atoms. The molecule has 1 amide bonds. The monoisotopic (exact) mass is 313 g/mol. The van der Waals surface area contributed by atoms with Gasteiger partial charge >= 0.3 is 0 Å². The highest BCUT2D eigenvalue weighted by Crippen LogP contribution is 2.08.